The monoisotopic (exact) mass is 209 g/mol. The summed E-state index contributed by atoms with van der Waals surface area (Å²) in [5, 5.41) is 7.65. The van der Waals surface area contributed by atoms with E-state index in [1.165, 1.54) is 6.42 Å². The van der Waals surface area contributed by atoms with Crippen LogP contribution in [-0.2, 0) is 18.4 Å². The molecular formula is C11H19N3O. The van der Waals surface area contributed by atoms with Crippen molar-refractivity contribution < 1.29 is 4.74 Å². The van der Waals surface area contributed by atoms with E-state index in [9.17, 15) is 0 Å². The second-order valence-electron chi connectivity index (χ2n) is 4.30. The van der Waals surface area contributed by atoms with E-state index in [2.05, 4.69) is 17.3 Å². The fourth-order valence-electron chi connectivity index (χ4n) is 1.92. The standard InChI is InChI=1S/C11H19N3O/c1-9-3-5-12-7-11(9)15-8-10-4-6-14(2)13-10/h4,6,9,11-12H,3,5,7-8H2,1-2H3. The smallest absolute Gasteiger partial charge is 0.0910 e. The molecule has 0 radical (unpaired) electrons. The third-order valence-corrected chi connectivity index (χ3v) is 2.97. The number of aryl methyl sites for hydroxylation is 1. The largest absolute Gasteiger partial charge is 0.370 e. The van der Waals surface area contributed by atoms with Gasteiger partial charge in [0.25, 0.3) is 0 Å². The molecule has 84 valence electrons. The van der Waals surface area contributed by atoms with Crippen LogP contribution in [0, 0.1) is 5.92 Å². The zero-order valence-electron chi connectivity index (χ0n) is 9.44. The predicted octanol–water partition coefficient (Wildman–Crippen LogP) is 0.935. The third-order valence-electron chi connectivity index (χ3n) is 2.97. The Morgan fingerprint density at radius 3 is 3.20 bits per heavy atom. The van der Waals surface area contributed by atoms with E-state index in [-0.39, 0.29) is 0 Å². The molecule has 1 aromatic heterocycles. The molecule has 4 nitrogen and oxygen atoms in total. The van der Waals surface area contributed by atoms with Crippen LogP contribution in [0.25, 0.3) is 0 Å². The van der Waals surface area contributed by atoms with Crippen LogP contribution in [0.1, 0.15) is 19.0 Å². The molecular weight excluding hydrogens is 190 g/mol. The van der Waals surface area contributed by atoms with Crippen LogP contribution < -0.4 is 5.32 Å². The summed E-state index contributed by atoms with van der Waals surface area (Å²) >= 11 is 0. The van der Waals surface area contributed by atoms with Crippen LogP contribution >= 0.6 is 0 Å². The average Bonchev–Trinajstić information content (AvgIpc) is 2.63. The Kier molecular flexibility index (Phi) is 3.38. The van der Waals surface area contributed by atoms with Gasteiger partial charge in [-0.3, -0.25) is 4.68 Å². The molecule has 1 fully saturated rings. The van der Waals surface area contributed by atoms with Crippen LogP contribution in [0.2, 0.25) is 0 Å². The second-order valence-corrected chi connectivity index (χ2v) is 4.30. The molecule has 1 aromatic rings. The van der Waals surface area contributed by atoms with E-state index in [1.807, 2.05) is 19.3 Å². The first-order valence-electron chi connectivity index (χ1n) is 5.56. The molecule has 0 aliphatic carbocycles. The lowest BCUT2D eigenvalue weighted by atomic mass is 9.97. The summed E-state index contributed by atoms with van der Waals surface area (Å²) in [4.78, 5) is 0. The fourth-order valence-corrected chi connectivity index (χ4v) is 1.92. The highest BCUT2D eigenvalue weighted by molar-refractivity contribution is 4.96. The van der Waals surface area contributed by atoms with E-state index in [4.69, 9.17) is 4.74 Å². The highest BCUT2D eigenvalue weighted by Gasteiger charge is 2.21. The maximum Gasteiger partial charge on any atom is 0.0910 e. The van der Waals surface area contributed by atoms with Gasteiger partial charge in [-0.25, -0.2) is 0 Å². The lowest BCUT2D eigenvalue weighted by Gasteiger charge is -2.29. The quantitative estimate of drug-likeness (QED) is 0.805. The van der Waals surface area contributed by atoms with Crippen LogP contribution in [0.3, 0.4) is 0 Å². The van der Waals surface area contributed by atoms with E-state index in [0.717, 1.165) is 18.8 Å². The molecule has 1 aliphatic heterocycles. The van der Waals surface area contributed by atoms with Crippen LogP contribution in [0.4, 0.5) is 0 Å². The highest BCUT2D eigenvalue weighted by Crippen LogP contribution is 2.15. The molecule has 2 rings (SSSR count). The Bertz CT molecular complexity index is 311. The van der Waals surface area contributed by atoms with Crippen molar-refractivity contribution in [3.05, 3.63) is 18.0 Å². The van der Waals surface area contributed by atoms with Crippen molar-refractivity contribution >= 4 is 0 Å². The van der Waals surface area contributed by atoms with Gasteiger partial charge < -0.3 is 10.1 Å². The summed E-state index contributed by atoms with van der Waals surface area (Å²) in [5.74, 6) is 0.648. The number of rotatable bonds is 3. The third kappa shape index (κ3) is 2.79. The van der Waals surface area contributed by atoms with Gasteiger partial charge in [-0.2, -0.15) is 5.10 Å². The molecule has 1 N–H and O–H groups in total. The van der Waals surface area contributed by atoms with Crippen molar-refractivity contribution in [2.24, 2.45) is 13.0 Å². The normalized spacial score (nSPS) is 26.8. The average molecular weight is 209 g/mol. The predicted molar refractivity (Wildman–Crippen MR) is 58.4 cm³/mol. The Morgan fingerprint density at radius 1 is 1.67 bits per heavy atom. The van der Waals surface area contributed by atoms with E-state index in [0.29, 0.717) is 18.6 Å². The van der Waals surface area contributed by atoms with Crippen molar-refractivity contribution in [3.63, 3.8) is 0 Å². The van der Waals surface area contributed by atoms with E-state index >= 15 is 0 Å². The number of ether oxygens (including phenoxy) is 1. The molecule has 0 amide bonds. The maximum absolute atomic E-state index is 5.86. The minimum absolute atomic E-state index is 0.334. The van der Waals surface area contributed by atoms with Crippen LogP contribution in [-0.4, -0.2) is 29.0 Å². The Morgan fingerprint density at radius 2 is 2.53 bits per heavy atom. The Balaban J connectivity index is 1.81. The SMILES string of the molecule is CC1CCNCC1OCc1ccn(C)n1. The molecule has 0 bridgehead atoms. The van der Waals surface area contributed by atoms with Gasteiger partial charge in [0.05, 0.1) is 18.4 Å². The summed E-state index contributed by atoms with van der Waals surface area (Å²) in [6, 6.07) is 2.00. The first-order chi connectivity index (χ1) is 7.25. The molecule has 4 heteroatoms. The first kappa shape index (κ1) is 10.6. The molecule has 1 saturated heterocycles. The molecule has 0 saturated carbocycles. The number of nitrogens with zero attached hydrogens (tertiary/aromatic N) is 2. The highest BCUT2D eigenvalue weighted by atomic mass is 16.5. The summed E-state index contributed by atoms with van der Waals surface area (Å²) in [6.45, 7) is 4.96. The van der Waals surface area contributed by atoms with E-state index in [1.54, 1.807) is 4.68 Å². The maximum atomic E-state index is 5.86. The van der Waals surface area contributed by atoms with Crippen molar-refractivity contribution in [3.8, 4) is 0 Å². The molecule has 2 unspecified atom stereocenters. The molecule has 0 spiro atoms. The minimum atomic E-state index is 0.334. The van der Waals surface area contributed by atoms with Gasteiger partial charge in [-0.15, -0.1) is 0 Å². The summed E-state index contributed by atoms with van der Waals surface area (Å²) in [7, 11) is 1.92. The van der Waals surface area contributed by atoms with Crippen molar-refractivity contribution in [1.29, 1.82) is 0 Å². The van der Waals surface area contributed by atoms with Crippen molar-refractivity contribution in [2.75, 3.05) is 13.1 Å². The number of piperidine rings is 1. The summed E-state index contributed by atoms with van der Waals surface area (Å²) in [6.07, 6.45) is 3.48. The lowest BCUT2D eigenvalue weighted by molar-refractivity contribution is -0.00811. The number of hydrogen-bond acceptors (Lipinski definition) is 3. The number of aromatic nitrogens is 2. The lowest BCUT2D eigenvalue weighted by Crippen LogP contribution is -2.40. The zero-order chi connectivity index (χ0) is 10.7. The van der Waals surface area contributed by atoms with Gasteiger partial charge in [0.15, 0.2) is 0 Å². The Labute approximate surface area is 90.6 Å². The van der Waals surface area contributed by atoms with Crippen molar-refractivity contribution in [1.82, 2.24) is 15.1 Å². The molecule has 1 aliphatic rings. The fraction of sp³-hybridized carbons (Fsp3) is 0.727. The molecule has 15 heavy (non-hydrogen) atoms. The van der Waals surface area contributed by atoms with Crippen LogP contribution in [0.15, 0.2) is 12.3 Å². The van der Waals surface area contributed by atoms with Gasteiger partial charge in [0.1, 0.15) is 0 Å². The molecule has 2 atom stereocenters. The van der Waals surface area contributed by atoms with E-state index < -0.39 is 0 Å². The molecule has 0 aromatic carbocycles. The van der Waals surface area contributed by atoms with Gasteiger partial charge in [0.2, 0.25) is 0 Å². The topological polar surface area (TPSA) is 39.1 Å². The van der Waals surface area contributed by atoms with Gasteiger partial charge in [-0.05, 0) is 24.9 Å². The summed E-state index contributed by atoms with van der Waals surface area (Å²) < 4.78 is 7.66. The number of hydrogen-bond donors (Lipinski definition) is 1. The second kappa shape index (κ2) is 4.77. The number of nitrogens with one attached hydrogen (secondary N) is 1. The van der Waals surface area contributed by atoms with Gasteiger partial charge in [-0.1, -0.05) is 6.92 Å². The zero-order valence-corrected chi connectivity index (χ0v) is 9.44. The van der Waals surface area contributed by atoms with Crippen molar-refractivity contribution in [2.45, 2.75) is 26.1 Å². The Hall–Kier alpha value is -0.870. The van der Waals surface area contributed by atoms with Gasteiger partial charge >= 0.3 is 0 Å². The first-order valence-corrected chi connectivity index (χ1v) is 5.56. The minimum Gasteiger partial charge on any atom is -0.370 e. The molecule has 2 heterocycles. The van der Waals surface area contributed by atoms with Crippen LogP contribution in [0.5, 0.6) is 0 Å². The van der Waals surface area contributed by atoms with Gasteiger partial charge in [0, 0.05) is 19.8 Å². The summed E-state index contributed by atoms with van der Waals surface area (Å²) in [5.41, 5.74) is 1.01.